The summed E-state index contributed by atoms with van der Waals surface area (Å²) in [4.78, 5) is 13.3. The van der Waals surface area contributed by atoms with E-state index in [1.54, 1.807) is 30.0 Å². The Bertz CT molecular complexity index is 588. The van der Waals surface area contributed by atoms with Crippen LogP contribution in [-0.4, -0.2) is 12.0 Å². The van der Waals surface area contributed by atoms with Crippen LogP contribution in [0.3, 0.4) is 0 Å². The predicted octanol–water partition coefficient (Wildman–Crippen LogP) is 5.53. The van der Waals surface area contributed by atoms with Gasteiger partial charge in [0, 0.05) is 26.9 Å². The molecule has 0 aliphatic carbocycles. The minimum atomic E-state index is 0.0587. The highest BCUT2D eigenvalue weighted by Crippen LogP contribution is 2.21. The van der Waals surface area contributed by atoms with E-state index in [0.717, 1.165) is 12.0 Å². The first-order valence-electron chi connectivity index (χ1n) is 6.20. The average Bonchev–Trinajstić information content (AvgIpc) is 2.44. The first-order valence-corrected chi connectivity index (χ1v) is 8.19. The van der Waals surface area contributed by atoms with Gasteiger partial charge in [-0.15, -0.1) is 11.8 Å². The van der Waals surface area contributed by atoms with Crippen LogP contribution >= 0.6 is 35.0 Å². The quantitative estimate of drug-likeness (QED) is 0.531. The molecule has 0 amide bonds. The summed E-state index contributed by atoms with van der Waals surface area (Å²) >= 11 is 13.5. The molecule has 20 heavy (non-hydrogen) atoms. The van der Waals surface area contributed by atoms with Crippen molar-refractivity contribution in [1.82, 2.24) is 0 Å². The lowest BCUT2D eigenvalue weighted by molar-refractivity contribution is 0.0983. The molecule has 0 radical (unpaired) electrons. The molecule has 0 spiro atoms. The molecule has 4 heteroatoms. The normalized spacial score (nSPS) is 10.6. The van der Waals surface area contributed by atoms with E-state index in [4.69, 9.17) is 23.2 Å². The number of carbonyl (C=O) groups excluding carboxylic acids is 1. The molecule has 0 aromatic heterocycles. The second-order valence-corrected chi connectivity index (χ2v) is 6.18. The summed E-state index contributed by atoms with van der Waals surface area (Å²) in [6.45, 7) is 0. The highest BCUT2D eigenvalue weighted by Gasteiger charge is 2.08. The molecule has 0 saturated heterocycles. The van der Waals surface area contributed by atoms with Crippen LogP contribution in [0, 0.1) is 0 Å². The van der Waals surface area contributed by atoms with Gasteiger partial charge in [-0.05, 0) is 48.6 Å². The van der Waals surface area contributed by atoms with Gasteiger partial charge in [0.1, 0.15) is 0 Å². The SMILES string of the molecule is CSc1ccc(CCC(=O)c2cc(Cl)cc(Cl)c2)cc1. The Kier molecular flexibility index (Phi) is 5.53. The van der Waals surface area contributed by atoms with Gasteiger partial charge in [-0.2, -0.15) is 0 Å². The molecule has 2 aromatic rings. The molecule has 2 aromatic carbocycles. The standard InChI is InChI=1S/C16H14Cl2OS/c1-20-15-5-2-11(3-6-15)4-7-16(19)12-8-13(17)10-14(18)9-12/h2-3,5-6,8-10H,4,7H2,1H3. The zero-order valence-electron chi connectivity index (χ0n) is 11.0. The largest absolute Gasteiger partial charge is 0.294 e. The molecule has 0 aliphatic heterocycles. The average molecular weight is 325 g/mol. The summed E-state index contributed by atoms with van der Waals surface area (Å²) in [6.07, 6.45) is 3.22. The van der Waals surface area contributed by atoms with Gasteiger partial charge >= 0.3 is 0 Å². The van der Waals surface area contributed by atoms with Crippen LogP contribution in [0.2, 0.25) is 10.0 Å². The smallest absolute Gasteiger partial charge is 0.163 e. The van der Waals surface area contributed by atoms with E-state index in [0.29, 0.717) is 22.0 Å². The fraction of sp³-hybridized carbons (Fsp3) is 0.188. The Labute approximate surface area is 133 Å². The Hall–Kier alpha value is -0.960. The summed E-state index contributed by atoms with van der Waals surface area (Å²) in [5.41, 5.74) is 1.73. The number of hydrogen-bond donors (Lipinski definition) is 0. The third-order valence-corrected chi connectivity index (χ3v) is 4.16. The third-order valence-electron chi connectivity index (χ3n) is 2.98. The molecule has 0 atom stereocenters. The van der Waals surface area contributed by atoms with E-state index < -0.39 is 0 Å². The van der Waals surface area contributed by atoms with Crippen LogP contribution in [-0.2, 0) is 6.42 Å². The summed E-state index contributed by atoms with van der Waals surface area (Å²) in [5.74, 6) is 0.0587. The summed E-state index contributed by atoms with van der Waals surface area (Å²) < 4.78 is 0. The Balaban J connectivity index is 2.00. The van der Waals surface area contributed by atoms with Crippen molar-refractivity contribution in [2.24, 2.45) is 0 Å². The Morgan fingerprint density at radius 2 is 1.65 bits per heavy atom. The first-order chi connectivity index (χ1) is 9.58. The van der Waals surface area contributed by atoms with Crippen LogP contribution in [0.5, 0.6) is 0 Å². The molecule has 0 fully saturated rings. The first kappa shape index (κ1) is 15.4. The van der Waals surface area contributed by atoms with Crippen molar-refractivity contribution in [2.45, 2.75) is 17.7 Å². The zero-order chi connectivity index (χ0) is 14.5. The number of rotatable bonds is 5. The second-order valence-electron chi connectivity index (χ2n) is 4.43. The molecule has 0 aliphatic rings. The van der Waals surface area contributed by atoms with Crippen LogP contribution in [0.1, 0.15) is 22.3 Å². The fourth-order valence-corrected chi connectivity index (χ4v) is 2.84. The van der Waals surface area contributed by atoms with Crippen molar-refractivity contribution < 1.29 is 4.79 Å². The van der Waals surface area contributed by atoms with E-state index in [2.05, 4.69) is 24.3 Å². The van der Waals surface area contributed by atoms with Crippen molar-refractivity contribution >= 4 is 40.7 Å². The van der Waals surface area contributed by atoms with E-state index in [9.17, 15) is 4.79 Å². The number of aryl methyl sites for hydroxylation is 1. The Morgan fingerprint density at radius 1 is 1.05 bits per heavy atom. The second kappa shape index (κ2) is 7.16. The van der Waals surface area contributed by atoms with Crippen LogP contribution in [0.25, 0.3) is 0 Å². The highest BCUT2D eigenvalue weighted by molar-refractivity contribution is 7.98. The summed E-state index contributed by atoms with van der Waals surface area (Å²) in [5, 5.41) is 0.982. The number of ketones is 1. The summed E-state index contributed by atoms with van der Waals surface area (Å²) in [7, 11) is 0. The maximum Gasteiger partial charge on any atom is 0.163 e. The lowest BCUT2D eigenvalue weighted by atomic mass is 10.0. The van der Waals surface area contributed by atoms with Gasteiger partial charge < -0.3 is 0 Å². The molecule has 0 heterocycles. The molecule has 2 rings (SSSR count). The van der Waals surface area contributed by atoms with Gasteiger partial charge in [0.05, 0.1) is 0 Å². The molecule has 0 N–H and O–H groups in total. The zero-order valence-corrected chi connectivity index (χ0v) is 13.4. The van der Waals surface area contributed by atoms with Gasteiger partial charge in [0.25, 0.3) is 0 Å². The minimum absolute atomic E-state index is 0.0587. The van der Waals surface area contributed by atoms with Gasteiger partial charge in [-0.3, -0.25) is 4.79 Å². The number of benzene rings is 2. The lowest BCUT2D eigenvalue weighted by Gasteiger charge is -2.04. The van der Waals surface area contributed by atoms with Crippen molar-refractivity contribution in [3.8, 4) is 0 Å². The van der Waals surface area contributed by atoms with Crippen LogP contribution in [0.15, 0.2) is 47.4 Å². The molecule has 1 nitrogen and oxygen atoms in total. The summed E-state index contributed by atoms with van der Waals surface area (Å²) in [6, 6.07) is 13.2. The number of halogens is 2. The fourth-order valence-electron chi connectivity index (χ4n) is 1.91. The maximum atomic E-state index is 12.1. The number of thioether (sulfide) groups is 1. The van der Waals surface area contributed by atoms with Gasteiger partial charge in [0.15, 0.2) is 5.78 Å². The molecule has 104 valence electrons. The molecule has 0 unspecified atom stereocenters. The predicted molar refractivity (Wildman–Crippen MR) is 87.3 cm³/mol. The maximum absolute atomic E-state index is 12.1. The highest BCUT2D eigenvalue weighted by atomic mass is 35.5. The van der Waals surface area contributed by atoms with Crippen molar-refractivity contribution in [1.29, 1.82) is 0 Å². The number of hydrogen-bond acceptors (Lipinski definition) is 2. The number of carbonyl (C=O) groups is 1. The third kappa shape index (κ3) is 4.27. The molecular formula is C16H14Cl2OS. The molecule has 0 saturated carbocycles. The number of Topliss-reactive ketones (excluding diaryl/α,β-unsaturated/α-hetero) is 1. The lowest BCUT2D eigenvalue weighted by Crippen LogP contribution is -2.01. The Morgan fingerprint density at radius 3 is 2.20 bits per heavy atom. The van der Waals surface area contributed by atoms with Crippen LogP contribution in [0.4, 0.5) is 0 Å². The van der Waals surface area contributed by atoms with E-state index in [1.807, 2.05) is 6.26 Å². The van der Waals surface area contributed by atoms with Gasteiger partial charge in [-0.1, -0.05) is 35.3 Å². The van der Waals surface area contributed by atoms with Gasteiger partial charge in [0.2, 0.25) is 0 Å². The monoisotopic (exact) mass is 324 g/mol. The van der Waals surface area contributed by atoms with Crippen molar-refractivity contribution in [3.63, 3.8) is 0 Å². The van der Waals surface area contributed by atoms with Crippen molar-refractivity contribution in [3.05, 3.63) is 63.6 Å². The van der Waals surface area contributed by atoms with E-state index in [-0.39, 0.29) is 5.78 Å². The van der Waals surface area contributed by atoms with Crippen LogP contribution < -0.4 is 0 Å². The topological polar surface area (TPSA) is 17.1 Å². The molecule has 0 bridgehead atoms. The van der Waals surface area contributed by atoms with Gasteiger partial charge in [-0.25, -0.2) is 0 Å². The van der Waals surface area contributed by atoms with E-state index in [1.165, 1.54) is 4.90 Å². The molecular weight excluding hydrogens is 311 g/mol. The van der Waals surface area contributed by atoms with Crippen molar-refractivity contribution in [2.75, 3.05) is 6.26 Å². The minimum Gasteiger partial charge on any atom is -0.294 e. The van der Waals surface area contributed by atoms with E-state index >= 15 is 0 Å².